The van der Waals surface area contributed by atoms with Crippen molar-refractivity contribution in [2.45, 2.75) is 5.41 Å². The Morgan fingerprint density at radius 2 is 0.961 bits per heavy atom. The molecule has 2 heteroatoms. The second-order valence-corrected chi connectivity index (χ2v) is 13.7. The Bertz CT molecular complexity index is 2770. The van der Waals surface area contributed by atoms with E-state index in [1.165, 1.54) is 72.0 Å². The first-order valence-corrected chi connectivity index (χ1v) is 17.7. The third-order valence-electron chi connectivity index (χ3n) is 11.2. The molecule has 0 saturated carbocycles. The fourth-order valence-corrected chi connectivity index (χ4v) is 9.28. The number of para-hydroxylation sites is 5. The Labute approximate surface area is 297 Å². The predicted molar refractivity (Wildman–Crippen MR) is 212 cm³/mol. The highest BCUT2D eigenvalue weighted by Crippen LogP contribution is 2.62. The molecule has 1 aliphatic heterocycles. The number of hydrogen-bond donors (Lipinski definition) is 0. The van der Waals surface area contributed by atoms with Crippen LogP contribution in [-0.4, -0.2) is 4.57 Å². The van der Waals surface area contributed by atoms with Crippen LogP contribution in [0, 0.1) is 0 Å². The summed E-state index contributed by atoms with van der Waals surface area (Å²) in [5.41, 5.74) is 17.0. The molecular formula is C49H32N2. The highest BCUT2D eigenvalue weighted by Gasteiger charge is 2.51. The second-order valence-electron chi connectivity index (χ2n) is 13.7. The highest BCUT2D eigenvalue weighted by atomic mass is 15.1. The van der Waals surface area contributed by atoms with Crippen LogP contribution in [0.15, 0.2) is 194 Å². The summed E-state index contributed by atoms with van der Waals surface area (Å²) in [7, 11) is 0. The van der Waals surface area contributed by atoms with Crippen molar-refractivity contribution in [3.63, 3.8) is 0 Å². The van der Waals surface area contributed by atoms with Crippen LogP contribution in [0.4, 0.5) is 17.1 Å². The van der Waals surface area contributed by atoms with Gasteiger partial charge in [0, 0.05) is 27.8 Å². The fourth-order valence-electron chi connectivity index (χ4n) is 9.28. The minimum absolute atomic E-state index is 0.516. The van der Waals surface area contributed by atoms with E-state index in [0.717, 1.165) is 17.1 Å². The van der Waals surface area contributed by atoms with Crippen LogP contribution in [0.1, 0.15) is 22.3 Å². The first-order chi connectivity index (χ1) is 25.3. The molecule has 1 atom stereocenters. The summed E-state index contributed by atoms with van der Waals surface area (Å²) in [5.74, 6) is 0. The molecule has 0 N–H and O–H groups in total. The summed E-state index contributed by atoms with van der Waals surface area (Å²) >= 11 is 0. The maximum Gasteiger partial charge on any atom is 0.0760 e. The third kappa shape index (κ3) is 3.76. The Hall–Kier alpha value is -6.64. The number of anilines is 3. The van der Waals surface area contributed by atoms with Gasteiger partial charge < -0.3 is 9.47 Å². The van der Waals surface area contributed by atoms with Crippen molar-refractivity contribution < 1.29 is 0 Å². The SMILES string of the molecule is c1ccc(N(c2ccccc2)c2cccc(-c3cccc4c3C3(c5ccccc5-4)c4ccccc4-n4c5ccccc5c5cccc3c54)c2)cc1. The molecule has 2 aliphatic rings. The maximum absolute atomic E-state index is 2.52. The monoisotopic (exact) mass is 648 g/mol. The van der Waals surface area contributed by atoms with Gasteiger partial charge in [0.2, 0.25) is 0 Å². The van der Waals surface area contributed by atoms with E-state index >= 15 is 0 Å². The first-order valence-electron chi connectivity index (χ1n) is 17.7. The van der Waals surface area contributed by atoms with Crippen LogP contribution in [0.25, 0.3) is 49.7 Å². The normalized spacial score (nSPS) is 15.1. The molecule has 1 unspecified atom stereocenters. The summed E-state index contributed by atoms with van der Waals surface area (Å²) < 4.78 is 2.52. The summed E-state index contributed by atoms with van der Waals surface area (Å²) in [6.45, 7) is 0. The summed E-state index contributed by atoms with van der Waals surface area (Å²) in [4.78, 5) is 2.35. The lowest BCUT2D eigenvalue weighted by atomic mass is 9.64. The molecule has 238 valence electrons. The lowest BCUT2D eigenvalue weighted by Gasteiger charge is -2.40. The minimum Gasteiger partial charge on any atom is -0.310 e. The zero-order valence-corrected chi connectivity index (χ0v) is 27.9. The lowest BCUT2D eigenvalue weighted by Crippen LogP contribution is -2.34. The quantitative estimate of drug-likeness (QED) is 0.184. The molecule has 0 amide bonds. The van der Waals surface area contributed by atoms with E-state index in [4.69, 9.17) is 0 Å². The highest BCUT2D eigenvalue weighted by molar-refractivity contribution is 6.13. The van der Waals surface area contributed by atoms with E-state index in [1.807, 2.05) is 0 Å². The van der Waals surface area contributed by atoms with Crippen LogP contribution in [0.5, 0.6) is 0 Å². The van der Waals surface area contributed by atoms with Crippen molar-refractivity contribution in [1.29, 1.82) is 0 Å². The summed E-state index contributed by atoms with van der Waals surface area (Å²) in [6.07, 6.45) is 0. The number of nitrogens with zero attached hydrogens (tertiary/aromatic N) is 2. The molecule has 1 aromatic heterocycles. The van der Waals surface area contributed by atoms with Gasteiger partial charge in [0.1, 0.15) is 0 Å². The van der Waals surface area contributed by atoms with E-state index in [1.54, 1.807) is 0 Å². The van der Waals surface area contributed by atoms with Crippen molar-refractivity contribution >= 4 is 38.9 Å². The van der Waals surface area contributed by atoms with Crippen LogP contribution in [0.2, 0.25) is 0 Å². The number of benzene rings is 8. The van der Waals surface area contributed by atoms with Crippen molar-refractivity contribution in [3.8, 4) is 27.9 Å². The van der Waals surface area contributed by atoms with Crippen LogP contribution >= 0.6 is 0 Å². The molecule has 2 heterocycles. The zero-order valence-electron chi connectivity index (χ0n) is 27.9. The Balaban J connectivity index is 1.24. The molecule has 0 radical (unpaired) electrons. The van der Waals surface area contributed by atoms with Gasteiger partial charge in [-0.3, -0.25) is 0 Å². The first kappa shape index (κ1) is 28.2. The van der Waals surface area contributed by atoms with Gasteiger partial charge in [-0.15, -0.1) is 0 Å². The molecule has 1 aliphatic carbocycles. The molecule has 0 saturated heterocycles. The molecule has 9 aromatic rings. The molecule has 2 nitrogen and oxygen atoms in total. The van der Waals surface area contributed by atoms with Gasteiger partial charge >= 0.3 is 0 Å². The van der Waals surface area contributed by atoms with Crippen LogP contribution in [0.3, 0.4) is 0 Å². The molecule has 11 rings (SSSR count). The minimum atomic E-state index is -0.516. The van der Waals surface area contributed by atoms with E-state index in [9.17, 15) is 0 Å². The number of hydrogen-bond acceptors (Lipinski definition) is 1. The van der Waals surface area contributed by atoms with Crippen LogP contribution in [-0.2, 0) is 5.41 Å². The number of fused-ring (bicyclic) bond motifs is 12. The third-order valence-corrected chi connectivity index (χ3v) is 11.2. The molecule has 0 bridgehead atoms. The van der Waals surface area contributed by atoms with Gasteiger partial charge in [0.15, 0.2) is 0 Å². The van der Waals surface area contributed by atoms with Crippen LogP contribution < -0.4 is 4.90 Å². The second kappa shape index (κ2) is 10.7. The van der Waals surface area contributed by atoms with Gasteiger partial charge in [0.25, 0.3) is 0 Å². The average Bonchev–Trinajstić information content (AvgIpc) is 3.70. The van der Waals surface area contributed by atoms with Crippen molar-refractivity contribution in [2.75, 3.05) is 4.90 Å². The van der Waals surface area contributed by atoms with Crippen molar-refractivity contribution in [3.05, 3.63) is 216 Å². The van der Waals surface area contributed by atoms with Gasteiger partial charge in [-0.25, -0.2) is 0 Å². The Morgan fingerprint density at radius 1 is 0.392 bits per heavy atom. The average molecular weight is 649 g/mol. The van der Waals surface area contributed by atoms with E-state index in [-0.39, 0.29) is 0 Å². The number of aromatic nitrogens is 1. The maximum atomic E-state index is 2.52. The predicted octanol–water partition coefficient (Wildman–Crippen LogP) is 12.6. The standard InChI is InChI=1S/C49H32N2/c1-3-17-34(18-4-1)50(35-19-5-2-6-20-35)36-21-13-16-33(32-36)37-24-14-25-40-38-22-7-9-27-42(38)49(47(37)40)43-28-10-12-31-46(43)51-45-30-11-8-23-39(45)41-26-15-29-44(49)48(41)51/h1-32H. The zero-order chi connectivity index (χ0) is 33.5. The van der Waals surface area contributed by atoms with Gasteiger partial charge in [-0.2, -0.15) is 0 Å². The van der Waals surface area contributed by atoms with Gasteiger partial charge in [-0.05, 0) is 93.0 Å². The van der Waals surface area contributed by atoms with Crippen molar-refractivity contribution in [1.82, 2.24) is 4.57 Å². The van der Waals surface area contributed by atoms with E-state index in [2.05, 4.69) is 204 Å². The molecule has 51 heavy (non-hydrogen) atoms. The van der Waals surface area contributed by atoms with Gasteiger partial charge in [0.05, 0.1) is 22.1 Å². The Kier molecular flexibility index (Phi) is 5.91. The lowest BCUT2D eigenvalue weighted by molar-refractivity contribution is 0.750. The fraction of sp³-hybridized carbons (Fsp3) is 0.0204. The topological polar surface area (TPSA) is 8.17 Å². The summed E-state index contributed by atoms with van der Waals surface area (Å²) in [6, 6.07) is 71.4. The Morgan fingerprint density at radius 3 is 1.78 bits per heavy atom. The largest absolute Gasteiger partial charge is 0.310 e. The van der Waals surface area contributed by atoms with Crippen molar-refractivity contribution in [2.24, 2.45) is 0 Å². The van der Waals surface area contributed by atoms with Gasteiger partial charge in [-0.1, -0.05) is 146 Å². The smallest absolute Gasteiger partial charge is 0.0760 e. The molecule has 8 aromatic carbocycles. The summed E-state index contributed by atoms with van der Waals surface area (Å²) in [5, 5.41) is 2.58. The molecular weight excluding hydrogens is 617 g/mol. The van der Waals surface area contributed by atoms with E-state index in [0.29, 0.717) is 0 Å². The number of rotatable bonds is 4. The molecule has 1 spiro atoms. The molecule has 0 fully saturated rings. The van der Waals surface area contributed by atoms with E-state index < -0.39 is 5.41 Å².